The molecule has 0 radical (unpaired) electrons. The maximum absolute atomic E-state index is 4.77. The van der Waals surface area contributed by atoms with Crippen LogP contribution in [0.15, 0.2) is 29.1 Å². The van der Waals surface area contributed by atoms with Gasteiger partial charge in [-0.15, -0.1) is 0 Å². The minimum Gasteiger partial charge on any atom is -0.337 e. The zero-order valence-corrected chi connectivity index (χ0v) is 12.3. The minimum atomic E-state index is 0.876. The second-order valence-electron chi connectivity index (χ2n) is 5.32. The van der Waals surface area contributed by atoms with Crippen LogP contribution in [0.1, 0.15) is 31.7 Å². The third kappa shape index (κ3) is 2.15. The quantitative estimate of drug-likeness (QED) is 0.820. The Morgan fingerprint density at radius 2 is 2.05 bits per heavy atom. The van der Waals surface area contributed by atoms with Crippen LogP contribution in [0.2, 0.25) is 0 Å². The number of hydrogen-bond donors (Lipinski definition) is 2. The Bertz CT molecular complexity index is 780. The lowest BCUT2D eigenvalue weighted by atomic mass is 10.1. The summed E-state index contributed by atoms with van der Waals surface area (Å²) in [4.78, 5) is 12.7. The number of rotatable bonds is 1. The highest BCUT2D eigenvalue weighted by atomic mass is 15.2. The largest absolute Gasteiger partial charge is 0.337 e. The van der Waals surface area contributed by atoms with E-state index in [0.29, 0.717) is 0 Å². The van der Waals surface area contributed by atoms with Crippen LogP contribution in [0.4, 0.5) is 0 Å². The molecule has 5 heteroatoms. The van der Waals surface area contributed by atoms with Crippen molar-refractivity contribution in [2.24, 2.45) is 12.0 Å². The topological polar surface area (TPSA) is 61.8 Å². The highest BCUT2D eigenvalue weighted by Gasteiger charge is 2.17. The number of nitrogens with zero attached hydrogens (tertiary/aromatic N) is 3. The molecule has 3 heterocycles. The third-order valence-corrected chi connectivity index (χ3v) is 3.55. The van der Waals surface area contributed by atoms with Crippen molar-refractivity contribution in [2.75, 3.05) is 0 Å². The van der Waals surface area contributed by atoms with Crippen molar-refractivity contribution >= 4 is 22.3 Å². The number of allylic oxidation sites excluding steroid dienone is 2. The van der Waals surface area contributed by atoms with Crippen LogP contribution < -0.4 is 0 Å². The van der Waals surface area contributed by atoms with E-state index in [1.807, 2.05) is 37.1 Å². The molecular weight excluding hydrogens is 250 g/mol. The number of nitrogens with one attached hydrogen (secondary N) is 2. The molecule has 0 aromatic carbocycles. The second kappa shape index (κ2) is 4.67. The fraction of sp³-hybridized carbons (Fsp3) is 0.333. The lowest BCUT2D eigenvalue weighted by molar-refractivity contribution is 0.748. The van der Waals surface area contributed by atoms with Crippen LogP contribution >= 0.6 is 0 Å². The zero-order valence-electron chi connectivity index (χ0n) is 12.3. The molecule has 0 unspecified atom stereocenters. The van der Waals surface area contributed by atoms with Gasteiger partial charge in [-0.1, -0.05) is 0 Å². The van der Waals surface area contributed by atoms with Gasteiger partial charge in [0.25, 0.3) is 0 Å². The SMILES string of the molecule is CC1=NC(C)=C(c2nc3c(C)cc[nH]n(C)cc3[nH]2)C1. The standard InChI is InChI=1S/C15H19N5/c1-9-5-6-16-20(4)8-13-14(9)19-15(18-13)12-7-10(2)17-11(12)3/h5-6,8,16H,7H2,1-4H3,(H,18,19). The number of fused-ring (bicyclic) bond motifs is 1. The summed E-state index contributed by atoms with van der Waals surface area (Å²) in [6.45, 7) is 6.16. The summed E-state index contributed by atoms with van der Waals surface area (Å²) in [7, 11) is 1.96. The van der Waals surface area contributed by atoms with Gasteiger partial charge in [0.15, 0.2) is 0 Å². The van der Waals surface area contributed by atoms with E-state index in [0.717, 1.165) is 40.3 Å². The van der Waals surface area contributed by atoms with E-state index >= 15 is 0 Å². The molecule has 0 saturated carbocycles. The van der Waals surface area contributed by atoms with Crippen LogP contribution in [0.5, 0.6) is 0 Å². The summed E-state index contributed by atoms with van der Waals surface area (Å²) >= 11 is 0. The summed E-state index contributed by atoms with van der Waals surface area (Å²) in [6.07, 6.45) is 4.80. The molecule has 0 fully saturated rings. The van der Waals surface area contributed by atoms with E-state index in [1.54, 1.807) is 0 Å². The minimum absolute atomic E-state index is 0.876. The molecular formula is C15H19N5. The first-order valence-corrected chi connectivity index (χ1v) is 6.73. The van der Waals surface area contributed by atoms with Gasteiger partial charge in [-0.25, -0.2) is 4.98 Å². The molecule has 1 aliphatic heterocycles. The Hall–Kier alpha value is -2.30. The van der Waals surface area contributed by atoms with Gasteiger partial charge >= 0.3 is 0 Å². The zero-order chi connectivity index (χ0) is 14.3. The number of aromatic amines is 2. The predicted molar refractivity (Wildman–Crippen MR) is 82.1 cm³/mol. The predicted octanol–water partition coefficient (Wildman–Crippen LogP) is 3.26. The molecule has 0 spiro atoms. The number of imidazole rings is 1. The van der Waals surface area contributed by atoms with Crippen LogP contribution in [0.3, 0.4) is 0 Å². The Balaban J connectivity index is 2.22. The first-order valence-electron chi connectivity index (χ1n) is 6.73. The van der Waals surface area contributed by atoms with E-state index in [1.165, 1.54) is 5.57 Å². The van der Waals surface area contributed by atoms with Crippen LogP contribution in [-0.4, -0.2) is 25.5 Å². The lowest BCUT2D eigenvalue weighted by Gasteiger charge is -1.97. The Kier molecular flexibility index (Phi) is 2.97. The number of aromatic nitrogens is 4. The average molecular weight is 269 g/mol. The highest BCUT2D eigenvalue weighted by Crippen LogP contribution is 2.28. The summed E-state index contributed by atoms with van der Waals surface area (Å²) in [6, 6.07) is 2.03. The maximum Gasteiger partial charge on any atom is 0.136 e. The molecule has 5 nitrogen and oxygen atoms in total. The summed E-state index contributed by atoms with van der Waals surface area (Å²) in [5, 5.41) is 3.14. The number of aliphatic imine (C=N–C) groups is 1. The third-order valence-electron chi connectivity index (χ3n) is 3.55. The second-order valence-corrected chi connectivity index (χ2v) is 5.32. The monoisotopic (exact) mass is 269 g/mol. The van der Waals surface area contributed by atoms with Crippen molar-refractivity contribution in [2.45, 2.75) is 27.2 Å². The van der Waals surface area contributed by atoms with Crippen molar-refractivity contribution in [3.8, 4) is 0 Å². The molecule has 2 aromatic rings. The van der Waals surface area contributed by atoms with Crippen molar-refractivity contribution in [1.29, 1.82) is 0 Å². The first kappa shape index (κ1) is 12.7. The normalized spacial score (nSPS) is 14.9. The number of hydrogen-bond acceptors (Lipinski definition) is 2. The lowest BCUT2D eigenvalue weighted by Crippen LogP contribution is -1.92. The Morgan fingerprint density at radius 3 is 2.75 bits per heavy atom. The van der Waals surface area contributed by atoms with Crippen LogP contribution in [-0.2, 0) is 7.05 Å². The van der Waals surface area contributed by atoms with Gasteiger partial charge in [-0.2, -0.15) is 0 Å². The number of aryl methyl sites for hydroxylation is 2. The molecule has 0 amide bonds. The summed E-state index contributed by atoms with van der Waals surface area (Å²) in [5.41, 5.74) is 6.54. The fourth-order valence-corrected chi connectivity index (χ4v) is 2.55. The summed E-state index contributed by atoms with van der Waals surface area (Å²) < 4.78 is 1.90. The Labute approximate surface area is 117 Å². The van der Waals surface area contributed by atoms with Crippen LogP contribution in [0.25, 0.3) is 16.6 Å². The van der Waals surface area contributed by atoms with Crippen molar-refractivity contribution in [1.82, 2.24) is 19.7 Å². The molecule has 0 atom stereocenters. The summed E-state index contributed by atoms with van der Waals surface area (Å²) in [5.74, 6) is 0.924. The van der Waals surface area contributed by atoms with Gasteiger partial charge in [0.1, 0.15) is 5.82 Å². The van der Waals surface area contributed by atoms with Gasteiger partial charge in [0.2, 0.25) is 0 Å². The molecule has 0 bridgehead atoms. The van der Waals surface area contributed by atoms with Gasteiger partial charge in [0.05, 0.1) is 11.0 Å². The van der Waals surface area contributed by atoms with Crippen molar-refractivity contribution in [3.63, 3.8) is 0 Å². The highest BCUT2D eigenvalue weighted by molar-refractivity contribution is 5.98. The van der Waals surface area contributed by atoms with E-state index in [4.69, 9.17) is 4.98 Å². The average Bonchev–Trinajstić information content (AvgIpc) is 2.91. The van der Waals surface area contributed by atoms with Gasteiger partial charge < -0.3 is 10.1 Å². The van der Waals surface area contributed by atoms with E-state index in [-0.39, 0.29) is 0 Å². The smallest absolute Gasteiger partial charge is 0.136 e. The van der Waals surface area contributed by atoms with Gasteiger partial charge in [-0.05, 0) is 32.4 Å². The fourth-order valence-electron chi connectivity index (χ4n) is 2.55. The van der Waals surface area contributed by atoms with Gasteiger partial charge in [0, 0.05) is 42.8 Å². The Morgan fingerprint density at radius 1 is 1.25 bits per heavy atom. The number of H-pyrrole nitrogens is 2. The molecule has 1 aliphatic rings. The van der Waals surface area contributed by atoms with Crippen LogP contribution in [0, 0.1) is 6.92 Å². The van der Waals surface area contributed by atoms with Gasteiger partial charge in [-0.3, -0.25) is 9.67 Å². The molecule has 0 aliphatic carbocycles. The first-order chi connectivity index (χ1) is 9.54. The molecule has 0 saturated heterocycles. The molecule has 3 rings (SSSR count). The van der Waals surface area contributed by atoms with Crippen molar-refractivity contribution in [3.05, 3.63) is 35.5 Å². The van der Waals surface area contributed by atoms with E-state index in [9.17, 15) is 0 Å². The molecule has 104 valence electrons. The van der Waals surface area contributed by atoms with E-state index < -0.39 is 0 Å². The van der Waals surface area contributed by atoms with E-state index in [2.05, 4.69) is 28.9 Å². The molecule has 20 heavy (non-hydrogen) atoms. The molecule has 2 aromatic heterocycles. The molecule has 2 N–H and O–H groups in total. The maximum atomic E-state index is 4.77. The van der Waals surface area contributed by atoms with Crippen molar-refractivity contribution < 1.29 is 0 Å².